The van der Waals surface area contributed by atoms with Crippen LogP contribution in [0.25, 0.3) is 0 Å². The predicted molar refractivity (Wildman–Crippen MR) is 65.6 cm³/mol. The van der Waals surface area contributed by atoms with E-state index in [1.165, 1.54) is 4.90 Å². The summed E-state index contributed by atoms with van der Waals surface area (Å²) in [5.74, 6) is 0.728. The van der Waals surface area contributed by atoms with Gasteiger partial charge in [0.05, 0.1) is 5.54 Å². The number of imidazole rings is 1. The largest absolute Gasteiger partial charge is 0.444 e. The zero-order valence-corrected chi connectivity index (χ0v) is 11.4. The maximum atomic E-state index is 12.0. The molecule has 5 nitrogen and oxygen atoms in total. The molecule has 1 aromatic rings. The molecule has 1 rings (SSSR count). The molecule has 96 valence electrons. The summed E-state index contributed by atoms with van der Waals surface area (Å²) >= 11 is 0. The molecule has 1 N–H and O–H groups in total. The monoisotopic (exact) mass is 239 g/mol. The molecule has 0 aromatic carbocycles. The molecule has 0 aliphatic carbocycles. The molecule has 0 fully saturated rings. The van der Waals surface area contributed by atoms with Gasteiger partial charge in [-0.05, 0) is 34.6 Å². The van der Waals surface area contributed by atoms with Gasteiger partial charge in [-0.2, -0.15) is 0 Å². The number of H-pyrrole nitrogens is 1. The lowest BCUT2D eigenvalue weighted by Gasteiger charge is -2.35. The number of ether oxygens (including phenoxy) is 1. The maximum absolute atomic E-state index is 12.0. The highest BCUT2D eigenvalue weighted by Crippen LogP contribution is 2.25. The molecule has 0 saturated heterocycles. The smallest absolute Gasteiger partial charge is 0.410 e. The number of nitrogens with zero attached hydrogens (tertiary/aromatic N) is 2. The minimum absolute atomic E-state index is 0.362. The summed E-state index contributed by atoms with van der Waals surface area (Å²) in [7, 11) is 1.70. The van der Waals surface area contributed by atoms with Crippen molar-refractivity contribution in [3.63, 3.8) is 0 Å². The molecule has 0 atom stereocenters. The Bertz CT molecular complexity index is 377. The van der Waals surface area contributed by atoms with Gasteiger partial charge in [-0.15, -0.1) is 0 Å². The van der Waals surface area contributed by atoms with Crippen molar-refractivity contribution in [2.24, 2.45) is 0 Å². The zero-order chi connectivity index (χ0) is 13.3. The summed E-state index contributed by atoms with van der Waals surface area (Å²) in [5, 5.41) is 0. The van der Waals surface area contributed by atoms with E-state index in [1.807, 2.05) is 34.6 Å². The number of nitrogens with one attached hydrogen (secondary N) is 1. The van der Waals surface area contributed by atoms with E-state index < -0.39 is 11.1 Å². The van der Waals surface area contributed by atoms with E-state index in [1.54, 1.807) is 19.4 Å². The molecule has 17 heavy (non-hydrogen) atoms. The van der Waals surface area contributed by atoms with Gasteiger partial charge in [-0.3, -0.25) is 4.90 Å². The van der Waals surface area contributed by atoms with Crippen LogP contribution in [0.2, 0.25) is 0 Å². The molecule has 0 radical (unpaired) electrons. The van der Waals surface area contributed by atoms with Gasteiger partial charge in [-0.1, -0.05) is 0 Å². The van der Waals surface area contributed by atoms with Crippen molar-refractivity contribution in [2.75, 3.05) is 7.05 Å². The first-order valence-corrected chi connectivity index (χ1v) is 5.61. The van der Waals surface area contributed by atoms with E-state index in [4.69, 9.17) is 4.74 Å². The van der Waals surface area contributed by atoms with Crippen LogP contribution >= 0.6 is 0 Å². The van der Waals surface area contributed by atoms with Crippen LogP contribution < -0.4 is 0 Å². The average Bonchev–Trinajstić information content (AvgIpc) is 2.66. The second-order valence-electron chi connectivity index (χ2n) is 5.54. The van der Waals surface area contributed by atoms with Crippen molar-refractivity contribution in [3.8, 4) is 0 Å². The Balaban J connectivity index is 2.82. The highest BCUT2D eigenvalue weighted by Gasteiger charge is 2.34. The Labute approximate surface area is 102 Å². The number of rotatable bonds is 2. The molecule has 0 saturated carbocycles. The zero-order valence-electron chi connectivity index (χ0n) is 11.4. The highest BCUT2D eigenvalue weighted by atomic mass is 16.6. The van der Waals surface area contributed by atoms with Crippen molar-refractivity contribution >= 4 is 6.09 Å². The van der Waals surface area contributed by atoms with Crippen LogP contribution in [-0.4, -0.2) is 33.6 Å². The average molecular weight is 239 g/mol. The fourth-order valence-electron chi connectivity index (χ4n) is 1.32. The third-order valence-electron chi connectivity index (χ3n) is 2.58. The standard InChI is InChI=1S/C12H21N3O2/c1-11(2,3)17-10(16)15(6)12(4,5)9-13-7-8-14-9/h7-8H,1-6H3,(H,13,14). The molecule has 0 bridgehead atoms. The molecule has 1 aromatic heterocycles. The fourth-order valence-corrected chi connectivity index (χ4v) is 1.32. The van der Waals surface area contributed by atoms with Crippen molar-refractivity contribution in [2.45, 2.75) is 45.8 Å². The van der Waals surface area contributed by atoms with Crippen LogP contribution in [-0.2, 0) is 10.3 Å². The van der Waals surface area contributed by atoms with Crippen LogP contribution in [0.1, 0.15) is 40.4 Å². The first kappa shape index (κ1) is 13.5. The second-order valence-corrected chi connectivity index (χ2v) is 5.54. The molecule has 0 aliphatic heterocycles. The number of carbonyl (C=O) groups excluding carboxylic acids is 1. The topological polar surface area (TPSA) is 58.2 Å². The van der Waals surface area contributed by atoms with Crippen LogP contribution in [0.15, 0.2) is 12.4 Å². The third-order valence-corrected chi connectivity index (χ3v) is 2.58. The summed E-state index contributed by atoms with van der Waals surface area (Å²) in [6.07, 6.45) is 3.04. The minimum atomic E-state index is -0.536. The van der Waals surface area contributed by atoms with Crippen LogP contribution in [0.5, 0.6) is 0 Å². The Kier molecular flexibility index (Phi) is 3.50. The molecule has 1 heterocycles. The van der Waals surface area contributed by atoms with E-state index in [0.717, 1.165) is 5.82 Å². The molecule has 0 aliphatic rings. The van der Waals surface area contributed by atoms with E-state index >= 15 is 0 Å². The third kappa shape index (κ3) is 3.22. The van der Waals surface area contributed by atoms with Gasteiger partial charge in [0.15, 0.2) is 0 Å². The normalized spacial score (nSPS) is 12.4. The van der Waals surface area contributed by atoms with Gasteiger partial charge in [0.1, 0.15) is 11.4 Å². The van der Waals surface area contributed by atoms with Gasteiger partial charge in [0.2, 0.25) is 0 Å². The number of carbonyl (C=O) groups is 1. The molecule has 0 spiro atoms. The van der Waals surface area contributed by atoms with Crippen molar-refractivity contribution < 1.29 is 9.53 Å². The van der Waals surface area contributed by atoms with Crippen LogP contribution in [0.3, 0.4) is 0 Å². The molecule has 0 unspecified atom stereocenters. The first-order chi connectivity index (χ1) is 7.64. The number of aromatic nitrogens is 2. The Morgan fingerprint density at radius 3 is 2.35 bits per heavy atom. The van der Waals surface area contributed by atoms with E-state index in [9.17, 15) is 4.79 Å². The summed E-state index contributed by atoms with van der Waals surface area (Å²) in [6.45, 7) is 9.36. The predicted octanol–water partition coefficient (Wildman–Crippen LogP) is 2.51. The van der Waals surface area contributed by atoms with Crippen LogP contribution in [0, 0.1) is 0 Å². The lowest BCUT2D eigenvalue weighted by molar-refractivity contribution is 0.00907. The SMILES string of the molecule is CN(C(=O)OC(C)(C)C)C(C)(C)c1ncc[nH]1. The Morgan fingerprint density at radius 1 is 1.35 bits per heavy atom. The maximum Gasteiger partial charge on any atom is 0.410 e. The van der Waals surface area contributed by atoms with E-state index in [-0.39, 0.29) is 6.09 Å². The molecular formula is C12H21N3O2. The molecule has 1 amide bonds. The number of hydrogen-bond acceptors (Lipinski definition) is 3. The second kappa shape index (κ2) is 4.39. The van der Waals surface area contributed by atoms with Gasteiger partial charge in [0, 0.05) is 19.4 Å². The summed E-state index contributed by atoms with van der Waals surface area (Å²) in [4.78, 5) is 20.7. The van der Waals surface area contributed by atoms with E-state index in [2.05, 4.69) is 9.97 Å². The summed E-state index contributed by atoms with van der Waals surface area (Å²) < 4.78 is 5.33. The van der Waals surface area contributed by atoms with Crippen LogP contribution in [0.4, 0.5) is 4.79 Å². The van der Waals surface area contributed by atoms with Gasteiger partial charge in [-0.25, -0.2) is 9.78 Å². The van der Waals surface area contributed by atoms with Crippen molar-refractivity contribution in [1.82, 2.24) is 14.9 Å². The molecular weight excluding hydrogens is 218 g/mol. The van der Waals surface area contributed by atoms with Crippen molar-refractivity contribution in [1.29, 1.82) is 0 Å². The number of amides is 1. The fraction of sp³-hybridized carbons (Fsp3) is 0.667. The van der Waals surface area contributed by atoms with Gasteiger partial charge >= 0.3 is 6.09 Å². The highest BCUT2D eigenvalue weighted by molar-refractivity contribution is 5.68. The first-order valence-electron chi connectivity index (χ1n) is 5.61. The lowest BCUT2D eigenvalue weighted by Crippen LogP contribution is -2.45. The Hall–Kier alpha value is -1.52. The summed E-state index contributed by atoms with van der Waals surface area (Å²) in [5.41, 5.74) is -1.03. The van der Waals surface area contributed by atoms with Gasteiger partial charge in [0.25, 0.3) is 0 Å². The Morgan fingerprint density at radius 2 is 1.94 bits per heavy atom. The molecule has 5 heteroatoms. The van der Waals surface area contributed by atoms with E-state index in [0.29, 0.717) is 0 Å². The summed E-state index contributed by atoms with van der Waals surface area (Å²) in [6, 6.07) is 0. The quantitative estimate of drug-likeness (QED) is 0.862. The minimum Gasteiger partial charge on any atom is -0.444 e. The number of hydrogen-bond donors (Lipinski definition) is 1. The van der Waals surface area contributed by atoms with Crippen molar-refractivity contribution in [3.05, 3.63) is 18.2 Å². The van der Waals surface area contributed by atoms with Gasteiger partial charge < -0.3 is 9.72 Å². The lowest BCUT2D eigenvalue weighted by atomic mass is 10.0. The number of aromatic amines is 1.